The lowest BCUT2D eigenvalue weighted by Crippen LogP contribution is -2.02. The smallest absolute Gasteiger partial charge is 0.203 e. The van der Waals surface area contributed by atoms with Gasteiger partial charge in [0.2, 0.25) is 5.75 Å². The number of pyridine rings is 1. The summed E-state index contributed by atoms with van der Waals surface area (Å²) in [5.41, 5.74) is 4.24. The van der Waals surface area contributed by atoms with Crippen LogP contribution in [0.25, 0.3) is 33.1 Å². The predicted octanol–water partition coefficient (Wildman–Crippen LogP) is 4.39. The Morgan fingerprint density at radius 3 is 2.34 bits per heavy atom. The van der Waals surface area contributed by atoms with Gasteiger partial charge in [0.15, 0.2) is 11.5 Å². The average Bonchev–Trinajstić information content (AvgIpc) is 3.10. The van der Waals surface area contributed by atoms with Gasteiger partial charge < -0.3 is 23.9 Å². The summed E-state index contributed by atoms with van der Waals surface area (Å²) in [6, 6.07) is 14.0. The Kier molecular flexibility index (Phi) is 5.03. The number of hydrogen-bond acceptors (Lipinski definition) is 5. The first-order valence-electron chi connectivity index (χ1n) is 9.49. The van der Waals surface area contributed by atoms with Gasteiger partial charge in [-0.25, -0.2) is 4.98 Å². The molecule has 0 aliphatic rings. The number of fused-ring (bicyclic) bond motifs is 3. The van der Waals surface area contributed by atoms with Crippen LogP contribution < -0.4 is 14.2 Å². The van der Waals surface area contributed by atoms with Crippen LogP contribution in [0.2, 0.25) is 0 Å². The van der Waals surface area contributed by atoms with Gasteiger partial charge in [-0.1, -0.05) is 18.2 Å². The molecule has 0 spiro atoms. The fourth-order valence-corrected chi connectivity index (χ4v) is 4.01. The minimum Gasteiger partial charge on any atom is -0.493 e. The van der Waals surface area contributed by atoms with E-state index in [1.165, 1.54) is 0 Å². The molecular weight excluding hydrogens is 368 g/mol. The van der Waals surface area contributed by atoms with E-state index in [0.717, 1.165) is 39.6 Å². The fraction of sp³-hybridized carbons (Fsp3) is 0.261. The molecule has 0 atom stereocenters. The van der Waals surface area contributed by atoms with Crippen molar-refractivity contribution in [3.63, 3.8) is 0 Å². The van der Waals surface area contributed by atoms with Crippen molar-refractivity contribution < 1.29 is 19.3 Å². The molecule has 0 fully saturated rings. The molecule has 0 aliphatic heterocycles. The highest BCUT2D eigenvalue weighted by atomic mass is 16.5. The third-order valence-electron chi connectivity index (χ3n) is 5.24. The molecule has 0 aliphatic carbocycles. The molecule has 1 N–H and O–H groups in total. The number of ether oxygens (including phenoxy) is 3. The Balaban J connectivity index is 2.17. The van der Waals surface area contributed by atoms with Crippen LogP contribution in [0.5, 0.6) is 17.2 Å². The molecule has 4 aromatic rings. The van der Waals surface area contributed by atoms with Crippen LogP contribution in [0.4, 0.5) is 0 Å². The predicted molar refractivity (Wildman–Crippen MR) is 114 cm³/mol. The third kappa shape index (κ3) is 2.87. The maximum atomic E-state index is 9.87. The number of aliphatic hydroxyl groups is 1. The van der Waals surface area contributed by atoms with E-state index in [0.29, 0.717) is 22.9 Å². The summed E-state index contributed by atoms with van der Waals surface area (Å²) < 4.78 is 19.0. The number of aliphatic hydroxyl groups excluding tert-OH is 1. The lowest BCUT2D eigenvalue weighted by Gasteiger charge is -2.17. The van der Waals surface area contributed by atoms with E-state index in [2.05, 4.69) is 23.6 Å². The molecule has 0 saturated heterocycles. The number of rotatable bonds is 6. The van der Waals surface area contributed by atoms with Crippen LogP contribution >= 0.6 is 0 Å². The topological polar surface area (TPSA) is 65.7 Å². The standard InChI is InChI=1S/C23H24N2O4/c1-5-25-18-9-7-6-8-15(18)17-12-14(13-26)24-20(21(17)25)16-10-11-19(27-2)23(29-4)22(16)28-3/h6-12,26H,5,13H2,1-4H3. The van der Waals surface area contributed by atoms with E-state index in [1.54, 1.807) is 21.3 Å². The summed E-state index contributed by atoms with van der Waals surface area (Å²) in [5.74, 6) is 1.64. The Bertz CT molecular complexity index is 1200. The number of hydrogen-bond donors (Lipinski definition) is 1. The number of para-hydroxylation sites is 1. The van der Waals surface area contributed by atoms with Crippen molar-refractivity contribution in [2.75, 3.05) is 21.3 Å². The summed E-state index contributed by atoms with van der Waals surface area (Å²) >= 11 is 0. The zero-order valence-electron chi connectivity index (χ0n) is 17.0. The summed E-state index contributed by atoms with van der Waals surface area (Å²) in [5, 5.41) is 12.0. The second-order valence-electron chi connectivity index (χ2n) is 6.66. The van der Waals surface area contributed by atoms with Gasteiger partial charge in [-0.2, -0.15) is 0 Å². The van der Waals surface area contributed by atoms with Crippen molar-refractivity contribution >= 4 is 21.8 Å². The van der Waals surface area contributed by atoms with E-state index in [9.17, 15) is 5.11 Å². The number of aromatic nitrogens is 2. The summed E-state index contributed by atoms with van der Waals surface area (Å²) in [6.45, 7) is 2.75. The maximum absolute atomic E-state index is 9.87. The van der Waals surface area contributed by atoms with Crippen molar-refractivity contribution in [1.82, 2.24) is 9.55 Å². The molecule has 2 aromatic heterocycles. The molecule has 150 valence electrons. The van der Waals surface area contributed by atoms with Crippen LogP contribution in [-0.4, -0.2) is 36.0 Å². The van der Waals surface area contributed by atoms with Gasteiger partial charge in [-0.3, -0.25) is 0 Å². The highest BCUT2D eigenvalue weighted by Crippen LogP contribution is 2.46. The number of methoxy groups -OCH3 is 3. The Hall–Kier alpha value is -3.25. The Labute approximate surface area is 169 Å². The van der Waals surface area contributed by atoms with E-state index in [4.69, 9.17) is 19.2 Å². The number of aryl methyl sites for hydroxylation is 1. The average molecular weight is 392 g/mol. The molecule has 2 heterocycles. The molecule has 29 heavy (non-hydrogen) atoms. The molecule has 6 heteroatoms. The quantitative estimate of drug-likeness (QED) is 0.527. The largest absolute Gasteiger partial charge is 0.493 e. The first-order chi connectivity index (χ1) is 14.2. The zero-order valence-corrected chi connectivity index (χ0v) is 17.0. The molecule has 0 radical (unpaired) electrons. The van der Waals surface area contributed by atoms with Crippen molar-refractivity contribution in [3.05, 3.63) is 48.2 Å². The second-order valence-corrected chi connectivity index (χ2v) is 6.66. The van der Waals surface area contributed by atoms with Gasteiger partial charge in [0, 0.05) is 28.4 Å². The van der Waals surface area contributed by atoms with Gasteiger partial charge in [-0.15, -0.1) is 0 Å². The minimum atomic E-state index is -0.149. The summed E-state index contributed by atoms with van der Waals surface area (Å²) in [6.07, 6.45) is 0. The minimum absolute atomic E-state index is 0.149. The van der Waals surface area contributed by atoms with Gasteiger partial charge in [0.25, 0.3) is 0 Å². The van der Waals surface area contributed by atoms with Crippen molar-refractivity contribution in [2.45, 2.75) is 20.1 Å². The number of benzene rings is 2. The van der Waals surface area contributed by atoms with Gasteiger partial charge in [0.05, 0.1) is 44.8 Å². The third-order valence-corrected chi connectivity index (χ3v) is 5.24. The van der Waals surface area contributed by atoms with E-state index >= 15 is 0 Å². The Morgan fingerprint density at radius 1 is 0.931 bits per heavy atom. The number of nitrogens with zero attached hydrogens (tertiary/aromatic N) is 2. The first-order valence-corrected chi connectivity index (χ1v) is 9.49. The van der Waals surface area contributed by atoms with E-state index < -0.39 is 0 Å². The molecule has 0 saturated carbocycles. The highest BCUT2D eigenvalue weighted by Gasteiger charge is 2.23. The van der Waals surface area contributed by atoms with Gasteiger partial charge >= 0.3 is 0 Å². The fourth-order valence-electron chi connectivity index (χ4n) is 4.01. The second kappa shape index (κ2) is 7.64. The van der Waals surface area contributed by atoms with Crippen molar-refractivity contribution in [2.24, 2.45) is 0 Å². The monoisotopic (exact) mass is 392 g/mol. The molecular formula is C23H24N2O4. The molecule has 4 rings (SSSR count). The molecule has 0 unspecified atom stereocenters. The van der Waals surface area contributed by atoms with Crippen LogP contribution in [0, 0.1) is 0 Å². The first kappa shape index (κ1) is 19.1. The summed E-state index contributed by atoms with van der Waals surface area (Å²) in [4.78, 5) is 4.79. The SMILES string of the molecule is CCn1c2ccccc2c2cc(CO)nc(-c3ccc(OC)c(OC)c3OC)c21. The molecule has 6 nitrogen and oxygen atoms in total. The highest BCUT2D eigenvalue weighted by molar-refractivity contribution is 6.12. The molecule has 2 aromatic carbocycles. The van der Waals surface area contributed by atoms with Crippen molar-refractivity contribution in [3.8, 4) is 28.5 Å². The normalized spacial score (nSPS) is 11.2. The zero-order chi connectivity index (χ0) is 20.5. The lowest BCUT2D eigenvalue weighted by molar-refractivity contribution is 0.277. The maximum Gasteiger partial charge on any atom is 0.203 e. The van der Waals surface area contributed by atoms with Gasteiger partial charge in [0.1, 0.15) is 0 Å². The van der Waals surface area contributed by atoms with Crippen LogP contribution in [0.15, 0.2) is 42.5 Å². The van der Waals surface area contributed by atoms with Gasteiger partial charge in [-0.05, 0) is 31.2 Å². The molecule has 0 amide bonds. The van der Waals surface area contributed by atoms with Crippen molar-refractivity contribution in [1.29, 1.82) is 0 Å². The van der Waals surface area contributed by atoms with E-state index in [1.807, 2.05) is 30.3 Å². The lowest BCUT2D eigenvalue weighted by atomic mass is 10.0. The van der Waals surface area contributed by atoms with Crippen LogP contribution in [0.3, 0.4) is 0 Å². The van der Waals surface area contributed by atoms with Crippen LogP contribution in [0.1, 0.15) is 12.6 Å². The molecule has 0 bridgehead atoms. The van der Waals surface area contributed by atoms with E-state index in [-0.39, 0.29) is 6.61 Å². The summed E-state index contributed by atoms with van der Waals surface area (Å²) in [7, 11) is 4.78. The van der Waals surface area contributed by atoms with Crippen LogP contribution in [-0.2, 0) is 13.2 Å². The Morgan fingerprint density at radius 2 is 1.69 bits per heavy atom.